The molecule has 1 amide bonds. The molecule has 4 aromatic rings. The van der Waals surface area contributed by atoms with Gasteiger partial charge in [-0.3, -0.25) is 14.8 Å². The molecule has 5 rings (SSSR count). The second kappa shape index (κ2) is 10.5. The second-order valence-corrected chi connectivity index (χ2v) is 9.11. The highest BCUT2D eigenvalue weighted by molar-refractivity contribution is 6.00. The van der Waals surface area contributed by atoms with Gasteiger partial charge >= 0.3 is 0 Å². The Kier molecular flexibility index (Phi) is 6.91. The summed E-state index contributed by atoms with van der Waals surface area (Å²) in [5, 5.41) is 8.00. The SMILES string of the molecule is COc1cc(CN2CCOc3c(cc(Cn4ccoc4=N)cc3-c3ccc(F)cc3C)C2=O)cc(OC)c1. The summed E-state index contributed by atoms with van der Waals surface area (Å²) in [5.74, 6) is 1.21. The van der Waals surface area contributed by atoms with Crippen molar-refractivity contribution in [3.63, 3.8) is 0 Å². The maximum atomic E-state index is 14.0. The van der Waals surface area contributed by atoms with Gasteiger partial charge in [0.15, 0.2) is 0 Å². The highest BCUT2D eigenvalue weighted by atomic mass is 19.1. The Morgan fingerprint density at radius 3 is 2.32 bits per heavy atom. The van der Waals surface area contributed by atoms with Gasteiger partial charge in [-0.25, -0.2) is 4.39 Å². The average molecular weight is 518 g/mol. The van der Waals surface area contributed by atoms with Crippen molar-refractivity contribution in [3.8, 4) is 28.4 Å². The summed E-state index contributed by atoms with van der Waals surface area (Å²) in [6, 6.07) is 13.8. The number of benzene rings is 3. The highest BCUT2D eigenvalue weighted by Gasteiger charge is 2.28. The number of fused-ring (bicyclic) bond motifs is 1. The molecule has 2 heterocycles. The highest BCUT2D eigenvalue weighted by Crippen LogP contribution is 2.39. The lowest BCUT2D eigenvalue weighted by atomic mass is 9.94. The van der Waals surface area contributed by atoms with E-state index in [9.17, 15) is 9.18 Å². The van der Waals surface area contributed by atoms with Gasteiger partial charge in [-0.15, -0.1) is 0 Å². The summed E-state index contributed by atoms with van der Waals surface area (Å²) in [7, 11) is 3.17. The van der Waals surface area contributed by atoms with Crippen LogP contribution in [0.3, 0.4) is 0 Å². The average Bonchev–Trinajstić information content (AvgIpc) is 3.24. The number of hydrogen-bond donors (Lipinski definition) is 1. The molecule has 0 bridgehead atoms. The number of ether oxygens (including phenoxy) is 3. The van der Waals surface area contributed by atoms with Crippen LogP contribution in [0.4, 0.5) is 4.39 Å². The quantitative estimate of drug-likeness (QED) is 0.381. The van der Waals surface area contributed by atoms with Gasteiger partial charge in [-0.2, -0.15) is 0 Å². The van der Waals surface area contributed by atoms with Gasteiger partial charge in [0, 0.05) is 24.4 Å². The number of aryl methyl sites for hydroxylation is 1. The largest absolute Gasteiger partial charge is 0.497 e. The van der Waals surface area contributed by atoms with Gasteiger partial charge in [0.1, 0.15) is 35.9 Å². The number of nitrogens with one attached hydrogen (secondary N) is 1. The van der Waals surface area contributed by atoms with Crippen molar-refractivity contribution in [1.29, 1.82) is 5.41 Å². The first kappa shape index (κ1) is 25.1. The number of oxazole rings is 1. The van der Waals surface area contributed by atoms with E-state index in [0.717, 1.165) is 22.3 Å². The standard InChI is InChI=1S/C29H28FN3O5/c1-18-10-21(30)4-5-24(18)25-13-20(17-33-7-9-38-29(33)31)14-26-27(25)37-8-6-32(28(26)34)16-19-11-22(35-2)15-23(12-19)36-3/h4-5,7,9-15,31H,6,8,16-17H2,1-3H3. The maximum Gasteiger partial charge on any atom is 0.293 e. The molecule has 38 heavy (non-hydrogen) atoms. The number of nitrogens with zero attached hydrogens (tertiary/aromatic N) is 2. The van der Waals surface area contributed by atoms with E-state index in [4.69, 9.17) is 24.0 Å². The summed E-state index contributed by atoms with van der Waals surface area (Å²) in [6.07, 6.45) is 3.10. The van der Waals surface area contributed by atoms with Crippen LogP contribution in [-0.2, 0) is 13.1 Å². The fourth-order valence-corrected chi connectivity index (χ4v) is 4.71. The van der Waals surface area contributed by atoms with Gasteiger partial charge in [0.05, 0.1) is 32.9 Å². The molecule has 0 unspecified atom stereocenters. The summed E-state index contributed by atoms with van der Waals surface area (Å²) in [5.41, 5.74) is 4.23. The number of carbonyl (C=O) groups is 1. The van der Waals surface area contributed by atoms with E-state index in [1.54, 1.807) is 48.1 Å². The third kappa shape index (κ3) is 5.00. The predicted octanol–water partition coefficient (Wildman–Crippen LogP) is 4.78. The molecule has 0 aliphatic carbocycles. The van der Waals surface area contributed by atoms with Crippen molar-refractivity contribution < 1.29 is 27.8 Å². The minimum atomic E-state index is -0.335. The van der Waals surface area contributed by atoms with Crippen LogP contribution in [0, 0.1) is 18.2 Å². The molecule has 196 valence electrons. The van der Waals surface area contributed by atoms with E-state index in [0.29, 0.717) is 54.6 Å². The first-order chi connectivity index (χ1) is 18.4. The van der Waals surface area contributed by atoms with Crippen LogP contribution in [0.1, 0.15) is 27.0 Å². The first-order valence-electron chi connectivity index (χ1n) is 12.1. The molecular formula is C29H28FN3O5. The molecule has 0 saturated carbocycles. The Morgan fingerprint density at radius 2 is 1.66 bits per heavy atom. The van der Waals surface area contributed by atoms with Crippen LogP contribution in [-0.4, -0.2) is 42.7 Å². The molecule has 1 aliphatic rings. The van der Waals surface area contributed by atoms with Crippen LogP contribution >= 0.6 is 0 Å². The fourth-order valence-electron chi connectivity index (χ4n) is 4.71. The van der Waals surface area contributed by atoms with Crippen molar-refractivity contribution in [2.45, 2.75) is 20.0 Å². The monoisotopic (exact) mass is 517 g/mol. The minimum absolute atomic E-state index is 0.00405. The Balaban J connectivity index is 1.59. The van der Waals surface area contributed by atoms with E-state index < -0.39 is 0 Å². The fraction of sp³-hybridized carbons (Fsp3) is 0.241. The van der Waals surface area contributed by atoms with E-state index in [2.05, 4.69) is 0 Å². The number of amides is 1. The molecule has 0 radical (unpaired) electrons. The van der Waals surface area contributed by atoms with Crippen LogP contribution in [0.15, 0.2) is 65.4 Å². The Morgan fingerprint density at radius 1 is 0.947 bits per heavy atom. The predicted molar refractivity (Wildman–Crippen MR) is 138 cm³/mol. The van der Waals surface area contributed by atoms with Crippen molar-refractivity contribution in [3.05, 3.63) is 94.7 Å². The van der Waals surface area contributed by atoms with Crippen LogP contribution in [0.2, 0.25) is 0 Å². The lowest BCUT2D eigenvalue weighted by Gasteiger charge is -2.21. The zero-order valence-electron chi connectivity index (χ0n) is 21.4. The lowest BCUT2D eigenvalue weighted by Crippen LogP contribution is -2.32. The number of aromatic nitrogens is 1. The van der Waals surface area contributed by atoms with E-state index >= 15 is 0 Å². The first-order valence-corrected chi connectivity index (χ1v) is 12.1. The van der Waals surface area contributed by atoms with E-state index in [-0.39, 0.29) is 17.4 Å². The Hall–Kier alpha value is -4.53. The summed E-state index contributed by atoms with van der Waals surface area (Å²) in [6.45, 7) is 3.14. The Bertz CT molecular complexity index is 1540. The number of rotatable bonds is 7. The number of hydrogen-bond acceptors (Lipinski definition) is 6. The molecule has 1 N–H and O–H groups in total. The minimum Gasteiger partial charge on any atom is -0.497 e. The number of halogens is 1. The molecule has 1 aromatic heterocycles. The van der Waals surface area contributed by atoms with E-state index in [1.807, 2.05) is 25.1 Å². The molecule has 9 heteroatoms. The van der Waals surface area contributed by atoms with Crippen molar-refractivity contribution in [2.75, 3.05) is 27.4 Å². The maximum absolute atomic E-state index is 14.0. The lowest BCUT2D eigenvalue weighted by molar-refractivity contribution is 0.0742. The molecule has 0 fully saturated rings. The molecule has 8 nitrogen and oxygen atoms in total. The molecular weight excluding hydrogens is 489 g/mol. The smallest absolute Gasteiger partial charge is 0.293 e. The molecule has 0 saturated heterocycles. The second-order valence-electron chi connectivity index (χ2n) is 9.11. The number of carbonyl (C=O) groups excluding carboxylic acids is 1. The van der Waals surface area contributed by atoms with Gasteiger partial charge in [-0.1, -0.05) is 6.07 Å². The Labute approximate surface area is 219 Å². The van der Waals surface area contributed by atoms with Crippen molar-refractivity contribution in [1.82, 2.24) is 9.47 Å². The molecule has 1 aliphatic heterocycles. The van der Waals surface area contributed by atoms with Gasteiger partial charge in [0.25, 0.3) is 11.6 Å². The summed E-state index contributed by atoms with van der Waals surface area (Å²) < 4.78 is 37.7. The van der Waals surface area contributed by atoms with Gasteiger partial charge < -0.3 is 23.5 Å². The van der Waals surface area contributed by atoms with Crippen LogP contribution < -0.4 is 19.9 Å². The third-order valence-electron chi connectivity index (χ3n) is 6.57. The molecule has 0 spiro atoms. The zero-order chi connectivity index (χ0) is 26.8. The molecule has 0 atom stereocenters. The summed E-state index contributed by atoms with van der Waals surface area (Å²) >= 11 is 0. The van der Waals surface area contributed by atoms with E-state index in [1.165, 1.54) is 18.4 Å². The summed E-state index contributed by atoms with van der Waals surface area (Å²) in [4.78, 5) is 15.7. The zero-order valence-corrected chi connectivity index (χ0v) is 21.4. The van der Waals surface area contributed by atoms with Crippen molar-refractivity contribution >= 4 is 5.91 Å². The third-order valence-corrected chi connectivity index (χ3v) is 6.57. The van der Waals surface area contributed by atoms with Gasteiger partial charge in [0.2, 0.25) is 0 Å². The molecule has 3 aromatic carbocycles. The van der Waals surface area contributed by atoms with Crippen molar-refractivity contribution in [2.24, 2.45) is 0 Å². The normalized spacial score (nSPS) is 13.1. The van der Waals surface area contributed by atoms with Crippen LogP contribution in [0.25, 0.3) is 11.1 Å². The van der Waals surface area contributed by atoms with Gasteiger partial charge in [-0.05, 0) is 65.6 Å². The topological polar surface area (TPSA) is 89.9 Å². The van der Waals surface area contributed by atoms with Crippen LogP contribution in [0.5, 0.6) is 17.2 Å². The number of methoxy groups -OCH3 is 2.